The lowest BCUT2D eigenvalue weighted by Gasteiger charge is -2.10. The Morgan fingerprint density at radius 1 is 1.29 bits per heavy atom. The van der Waals surface area contributed by atoms with E-state index in [2.05, 4.69) is 49.7 Å². The summed E-state index contributed by atoms with van der Waals surface area (Å²) in [5.74, 6) is 0. The van der Waals surface area contributed by atoms with Crippen LogP contribution < -0.4 is 5.73 Å². The fourth-order valence-corrected chi connectivity index (χ4v) is 2.53. The van der Waals surface area contributed by atoms with E-state index in [4.69, 9.17) is 5.73 Å². The minimum absolute atomic E-state index is 0.510. The average molecular weight is 230 g/mol. The highest BCUT2D eigenvalue weighted by molar-refractivity contribution is 5.87. The zero-order valence-electron chi connectivity index (χ0n) is 11.0. The average Bonchev–Trinajstić information content (AvgIpc) is 2.65. The van der Waals surface area contributed by atoms with E-state index < -0.39 is 0 Å². The summed E-state index contributed by atoms with van der Waals surface area (Å²) in [7, 11) is 0. The standard InChI is InChI=1S/C15H22N2/c1-11(2)17-10-12(3)15-13(7-5-9-16)6-4-8-14(15)17/h4,6,8,10-11H,5,7,9,16H2,1-3H3. The molecular weight excluding hydrogens is 208 g/mol. The van der Waals surface area contributed by atoms with Gasteiger partial charge in [0.25, 0.3) is 0 Å². The highest BCUT2D eigenvalue weighted by Gasteiger charge is 2.10. The monoisotopic (exact) mass is 230 g/mol. The molecule has 0 radical (unpaired) electrons. The second-order valence-electron chi connectivity index (χ2n) is 5.02. The topological polar surface area (TPSA) is 30.9 Å². The summed E-state index contributed by atoms with van der Waals surface area (Å²) in [4.78, 5) is 0. The summed E-state index contributed by atoms with van der Waals surface area (Å²) in [5, 5.41) is 1.43. The molecule has 0 aliphatic carbocycles. The van der Waals surface area contributed by atoms with Crippen LogP contribution in [0.25, 0.3) is 10.9 Å². The van der Waals surface area contributed by atoms with Gasteiger partial charge in [0.2, 0.25) is 0 Å². The summed E-state index contributed by atoms with van der Waals surface area (Å²) in [6.45, 7) is 7.42. The molecule has 0 aliphatic rings. The molecule has 92 valence electrons. The maximum atomic E-state index is 5.61. The number of hydrogen-bond donors (Lipinski definition) is 1. The Morgan fingerprint density at radius 2 is 2.06 bits per heavy atom. The maximum Gasteiger partial charge on any atom is 0.0488 e. The van der Waals surface area contributed by atoms with Crippen molar-refractivity contribution in [2.75, 3.05) is 6.54 Å². The Kier molecular flexibility index (Phi) is 3.53. The molecule has 1 aromatic carbocycles. The fourth-order valence-electron chi connectivity index (χ4n) is 2.53. The lowest BCUT2D eigenvalue weighted by molar-refractivity contribution is 0.622. The molecule has 0 bridgehead atoms. The zero-order chi connectivity index (χ0) is 12.4. The van der Waals surface area contributed by atoms with Gasteiger partial charge in [0.15, 0.2) is 0 Å². The number of fused-ring (bicyclic) bond motifs is 1. The van der Waals surface area contributed by atoms with E-state index in [1.54, 1.807) is 0 Å². The lowest BCUT2D eigenvalue weighted by atomic mass is 10.0. The number of aryl methyl sites for hydroxylation is 2. The second kappa shape index (κ2) is 4.92. The van der Waals surface area contributed by atoms with E-state index in [0.717, 1.165) is 19.4 Å². The van der Waals surface area contributed by atoms with E-state index in [-0.39, 0.29) is 0 Å². The van der Waals surface area contributed by atoms with Crippen LogP contribution in [0.15, 0.2) is 24.4 Å². The van der Waals surface area contributed by atoms with E-state index >= 15 is 0 Å². The van der Waals surface area contributed by atoms with Gasteiger partial charge in [-0.3, -0.25) is 0 Å². The Balaban J connectivity index is 2.56. The van der Waals surface area contributed by atoms with Crippen LogP contribution in [-0.4, -0.2) is 11.1 Å². The van der Waals surface area contributed by atoms with Crippen molar-refractivity contribution in [2.24, 2.45) is 5.73 Å². The molecule has 2 rings (SSSR count). The number of hydrogen-bond acceptors (Lipinski definition) is 1. The quantitative estimate of drug-likeness (QED) is 0.857. The molecule has 0 atom stereocenters. The van der Waals surface area contributed by atoms with Gasteiger partial charge < -0.3 is 10.3 Å². The summed E-state index contributed by atoms with van der Waals surface area (Å²) >= 11 is 0. The Hall–Kier alpha value is -1.28. The van der Waals surface area contributed by atoms with Crippen molar-refractivity contribution < 1.29 is 0 Å². The molecule has 2 aromatic rings. The predicted molar refractivity (Wildman–Crippen MR) is 74.4 cm³/mol. The second-order valence-corrected chi connectivity index (χ2v) is 5.02. The van der Waals surface area contributed by atoms with Crippen LogP contribution in [0.4, 0.5) is 0 Å². The van der Waals surface area contributed by atoms with E-state index in [1.807, 2.05) is 0 Å². The number of nitrogens with two attached hydrogens (primary N) is 1. The van der Waals surface area contributed by atoms with Crippen molar-refractivity contribution in [1.29, 1.82) is 0 Å². The third-order valence-electron chi connectivity index (χ3n) is 3.34. The first-order valence-electron chi connectivity index (χ1n) is 6.44. The molecule has 0 amide bonds. The molecule has 1 aromatic heterocycles. The van der Waals surface area contributed by atoms with Crippen molar-refractivity contribution in [3.63, 3.8) is 0 Å². The third kappa shape index (κ3) is 2.22. The van der Waals surface area contributed by atoms with Gasteiger partial charge in [-0.2, -0.15) is 0 Å². The number of nitrogens with zero attached hydrogens (tertiary/aromatic N) is 1. The lowest BCUT2D eigenvalue weighted by Crippen LogP contribution is -2.01. The van der Waals surface area contributed by atoms with Gasteiger partial charge in [-0.15, -0.1) is 0 Å². The van der Waals surface area contributed by atoms with Crippen molar-refractivity contribution in [3.8, 4) is 0 Å². The van der Waals surface area contributed by atoms with Crippen LogP contribution in [0.2, 0.25) is 0 Å². The summed E-state index contributed by atoms with van der Waals surface area (Å²) in [6, 6.07) is 7.12. The molecule has 0 spiro atoms. The minimum atomic E-state index is 0.510. The van der Waals surface area contributed by atoms with E-state index in [1.165, 1.54) is 22.0 Å². The highest BCUT2D eigenvalue weighted by atomic mass is 15.0. The normalized spacial score (nSPS) is 11.6. The maximum absolute atomic E-state index is 5.61. The molecule has 0 aliphatic heterocycles. The Morgan fingerprint density at radius 3 is 2.71 bits per heavy atom. The molecule has 2 nitrogen and oxygen atoms in total. The van der Waals surface area contributed by atoms with Crippen molar-refractivity contribution in [3.05, 3.63) is 35.5 Å². The number of rotatable bonds is 4. The van der Waals surface area contributed by atoms with Gasteiger partial charge in [-0.25, -0.2) is 0 Å². The van der Waals surface area contributed by atoms with Gasteiger partial charge in [-0.1, -0.05) is 12.1 Å². The first kappa shape index (κ1) is 12.2. The first-order chi connectivity index (χ1) is 8.15. The van der Waals surface area contributed by atoms with Crippen LogP contribution in [0.5, 0.6) is 0 Å². The minimum Gasteiger partial charge on any atom is -0.345 e. The van der Waals surface area contributed by atoms with Crippen LogP contribution in [0, 0.1) is 6.92 Å². The molecule has 17 heavy (non-hydrogen) atoms. The van der Waals surface area contributed by atoms with Gasteiger partial charge >= 0.3 is 0 Å². The zero-order valence-corrected chi connectivity index (χ0v) is 11.0. The molecule has 2 N–H and O–H groups in total. The van der Waals surface area contributed by atoms with E-state index in [9.17, 15) is 0 Å². The van der Waals surface area contributed by atoms with Crippen LogP contribution in [0.1, 0.15) is 37.4 Å². The van der Waals surface area contributed by atoms with Crippen LogP contribution in [0.3, 0.4) is 0 Å². The number of benzene rings is 1. The molecule has 2 heteroatoms. The predicted octanol–water partition coefficient (Wildman–Crippen LogP) is 3.42. The largest absolute Gasteiger partial charge is 0.345 e. The highest BCUT2D eigenvalue weighted by Crippen LogP contribution is 2.27. The summed E-state index contributed by atoms with van der Waals surface area (Å²) in [5.41, 5.74) is 9.77. The van der Waals surface area contributed by atoms with E-state index in [0.29, 0.717) is 6.04 Å². The number of aromatic nitrogens is 1. The molecule has 1 heterocycles. The first-order valence-corrected chi connectivity index (χ1v) is 6.44. The Labute approximate surface area is 103 Å². The summed E-state index contributed by atoms with van der Waals surface area (Å²) < 4.78 is 2.36. The van der Waals surface area contributed by atoms with Gasteiger partial charge in [0.1, 0.15) is 0 Å². The molecule has 0 saturated heterocycles. The van der Waals surface area contributed by atoms with Gasteiger partial charge in [-0.05, 0) is 57.4 Å². The fraction of sp³-hybridized carbons (Fsp3) is 0.467. The molecule has 0 fully saturated rings. The summed E-state index contributed by atoms with van der Waals surface area (Å²) in [6.07, 6.45) is 4.41. The van der Waals surface area contributed by atoms with Gasteiger partial charge in [0, 0.05) is 23.1 Å². The molecular formula is C15H22N2. The Bertz CT molecular complexity index is 509. The smallest absolute Gasteiger partial charge is 0.0488 e. The van der Waals surface area contributed by atoms with Crippen molar-refractivity contribution in [1.82, 2.24) is 4.57 Å². The van der Waals surface area contributed by atoms with Crippen LogP contribution in [-0.2, 0) is 6.42 Å². The van der Waals surface area contributed by atoms with Crippen molar-refractivity contribution >= 4 is 10.9 Å². The molecule has 0 unspecified atom stereocenters. The van der Waals surface area contributed by atoms with Gasteiger partial charge in [0.05, 0.1) is 0 Å². The SMILES string of the molecule is Cc1cn(C(C)C)c2cccc(CCCN)c12. The third-order valence-corrected chi connectivity index (χ3v) is 3.34. The van der Waals surface area contributed by atoms with Crippen LogP contribution >= 0.6 is 0 Å². The van der Waals surface area contributed by atoms with Crippen molar-refractivity contribution in [2.45, 2.75) is 39.7 Å². The molecule has 0 saturated carbocycles.